The fraction of sp³-hybridized carbons (Fsp3) is 0.235. The fourth-order valence-corrected chi connectivity index (χ4v) is 2.82. The van der Waals surface area contributed by atoms with Crippen LogP contribution in [0.5, 0.6) is 0 Å². The number of hydrogen-bond acceptors (Lipinski definition) is 2. The third-order valence-corrected chi connectivity index (χ3v) is 3.88. The third kappa shape index (κ3) is 3.85. The summed E-state index contributed by atoms with van der Waals surface area (Å²) in [7, 11) is 1.80. The number of amides is 1. The predicted octanol–water partition coefficient (Wildman–Crippen LogP) is 3.92. The lowest BCUT2D eigenvalue weighted by molar-refractivity contribution is 0.0785. The number of nitrogens with two attached hydrogens (primary N) is 1. The Morgan fingerprint density at radius 2 is 1.90 bits per heavy atom. The maximum atomic E-state index is 12.5. The first-order chi connectivity index (χ1) is 9.86. The quantitative estimate of drug-likeness (QED) is 0.856. The van der Waals surface area contributed by atoms with Crippen LogP contribution in [-0.4, -0.2) is 17.9 Å². The molecule has 0 aliphatic heterocycles. The molecular weight excluding hydrogens is 328 g/mol. The average molecular weight is 347 g/mol. The second-order valence-electron chi connectivity index (χ2n) is 5.36. The molecule has 0 heterocycles. The molecule has 21 heavy (non-hydrogen) atoms. The van der Waals surface area contributed by atoms with Crippen LogP contribution in [0, 0.1) is 13.8 Å². The summed E-state index contributed by atoms with van der Waals surface area (Å²) in [5.74, 6) is -0.0389. The predicted molar refractivity (Wildman–Crippen MR) is 90.3 cm³/mol. The highest BCUT2D eigenvalue weighted by atomic mass is 79.9. The summed E-state index contributed by atoms with van der Waals surface area (Å²) in [6.07, 6.45) is 0. The molecule has 2 aromatic rings. The molecule has 3 nitrogen and oxygen atoms in total. The van der Waals surface area contributed by atoms with E-state index in [1.54, 1.807) is 30.1 Å². The van der Waals surface area contributed by atoms with Gasteiger partial charge >= 0.3 is 0 Å². The van der Waals surface area contributed by atoms with E-state index in [4.69, 9.17) is 5.73 Å². The zero-order valence-electron chi connectivity index (χ0n) is 12.5. The molecule has 0 radical (unpaired) electrons. The van der Waals surface area contributed by atoms with Crippen LogP contribution < -0.4 is 5.73 Å². The molecule has 2 N–H and O–H groups in total. The molecule has 0 aliphatic carbocycles. The molecule has 0 unspecified atom stereocenters. The first kappa shape index (κ1) is 15.6. The molecule has 0 atom stereocenters. The summed E-state index contributed by atoms with van der Waals surface area (Å²) in [6.45, 7) is 4.71. The number of carbonyl (C=O) groups excluding carboxylic acids is 1. The van der Waals surface area contributed by atoms with E-state index in [0.717, 1.165) is 10.0 Å². The van der Waals surface area contributed by atoms with Gasteiger partial charge in [-0.15, -0.1) is 0 Å². The highest BCUT2D eigenvalue weighted by Gasteiger charge is 2.14. The Morgan fingerprint density at radius 1 is 1.19 bits per heavy atom. The van der Waals surface area contributed by atoms with Crippen molar-refractivity contribution in [1.82, 2.24) is 4.90 Å². The topological polar surface area (TPSA) is 46.3 Å². The van der Waals surface area contributed by atoms with Gasteiger partial charge in [0.05, 0.1) is 0 Å². The van der Waals surface area contributed by atoms with Gasteiger partial charge in [-0.1, -0.05) is 39.7 Å². The minimum Gasteiger partial charge on any atom is -0.399 e. The lowest BCUT2D eigenvalue weighted by Gasteiger charge is -2.19. The normalized spacial score (nSPS) is 10.5. The first-order valence-corrected chi connectivity index (χ1v) is 7.54. The SMILES string of the molecule is Cc1ccc(CN(C)C(=O)c2cc(N)cc(Br)c2)c(C)c1. The minimum absolute atomic E-state index is 0.0389. The first-order valence-electron chi connectivity index (χ1n) is 6.74. The molecule has 0 aromatic heterocycles. The molecular formula is C17H19BrN2O. The maximum Gasteiger partial charge on any atom is 0.254 e. The van der Waals surface area contributed by atoms with Gasteiger partial charge in [0.15, 0.2) is 0 Å². The van der Waals surface area contributed by atoms with Crippen LogP contribution in [0.1, 0.15) is 27.0 Å². The van der Waals surface area contributed by atoms with E-state index in [0.29, 0.717) is 17.8 Å². The van der Waals surface area contributed by atoms with Crippen LogP contribution in [0.3, 0.4) is 0 Å². The number of carbonyl (C=O) groups is 1. The van der Waals surface area contributed by atoms with Crippen molar-refractivity contribution in [2.75, 3.05) is 12.8 Å². The van der Waals surface area contributed by atoms with Crippen LogP contribution in [0.25, 0.3) is 0 Å². The molecule has 110 valence electrons. The standard InChI is InChI=1S/C17H19BrN2O/c1-11-4-5-13(12(2)6-11)10-20(3)17(21)14-7-15(18)9-16(19)8-14/h4-9H,10,19H2,1-3H3. The molecule has 2 aromatic carbocycles. The molecule has 0 fully saturated rings. The van der Waals surface area contributed by atoms with Gasteiger partial charge in [-0.2, -0.15) is 0 Å². The Balaban J connectivity index is 2.19. The Labute approximate surface area is 133 Å². The summed E-state index contributed by atoms with van der Waals surface area (Å²) in [5.41, 5.74) is 10.5. The van der Waals surface area contributed by atoms with E-state index in [9.17, 15) is 4.79 Å². The lowest BCUT2D eigenvalue weighted by atomic mass is 10.1. The van der Waals surface area contributed by atoms with Crippen molar-refractivity contribution in [1.29, 1.82) is 0 Å². The van der Waals surface area contributed by atoms with Gasteiger partial charge in [-0.25, -0.2) is 0 Å². The van der Waals surface area contributed by atoms with Crippen molar-refractivity contribution in [3.63, 3.8) is 0 Å². The molecule has 0 spiro atoms. The Hall–Kier alpha value is -1.81. The van der Waals surface area contributed by atoms with E-state index in [2.05, 4.69) is 48.0 Å². The molecule has 0 saturated heterocycles. The summed E-state index contributed by atoms with van der Waals surface area (Å²) in [5, 5.41) is 0. The van der Waals surface area contributed by atoms with Crippen molar-refractivity contribution in [2.45, 2.75) is 20.4 Å². The molecule has 2 rings (SSSR count). The lowest BCUT2D eigenvalue weighted by Crippen LogP contribution is -2.26. The second-order valence-corrected chi connectivity index (χ2v) is 6.28. The minimum atomic E-state index is -0.0389. The largest absolute Gasteiger partial charge is 0.399 e. The van der Waals surface area contributed by atoms with Crippen LogP contribution in [0.2, 0.25) is 0 Å². The van der Waals surface area contributed by atoms with Crippen molar-refractivity contribution in [2.24, 2.45) is 0 Å². The van der Waals surface area contributed by atoms with Gasteiger partial charge in [0.25, 0.3) is 5.91 Å². The monoisotopic (exact) mass is 346 g/mol. The van der Waals surface area contributed by atoms with Crippen LogP contribution in [0.15, 0.2) is 40.9 Å². The van der Waals surface area contributed by atoms with Gasteiger partial charge in [-0.05, 0) is 43.2 Å². The summed E-state index contributed by atoms with van der Waals surface area (Å²) in [6, 6.07) is 11.5. The number of halogens is 1. The summed E-state index contributed by atoms with van der Waals surface area (Å²) >= 11 is 3.37. The molecule has 1 amide bonds. The molecule has 0 aliphatic rings. The Bertz CT molecular complexity index is 662. The van der Waals surface area contributed by atoms with Crippen LogP contribution in [0.4, 0.5) is 5.69 Å². The number of benzene rings is 2. The summed E-state index contributed by atoms with van der Waals surface area (Å²) < 4.78 is 0.811. The van der Waals surface area contributed by atoms with Crippen molar-refractivity contribution in [3.05, 3.63) is 63.1 Å². The molecule has 0 saturated carbocycles. The number of nitrogens with zero attached hydrogens (tertiary/aromatic N) is 1. The van der Waals surface area contributed by atoms with Crippen molar-refractivity contribution >= 4 is 27.5 Å². The van der Waals surface area contributed by atoms with E-state index >= 15 is 0 Å². The van der Waals surface area contributed by atoms with Gasteiger partial charge in [0.1, 0.15) is 0 Å². The number of anilines is 1. The number of aryl methyl sites for hydroxylation is 2. The van der Waals surface area contributed by atoms with Gasteiger partial charge in [0.2, 0.25) is 0 Å². The van der Waals surface area contributed by atoms with E-state index in [1.165, 1.54) is 11.1 Å². The smallest absolute Gasteiger partial charge is 0.254 e. The van der Waals surface area contributed by atoms with Crippen LogP contribution >= 0.6 is 15.9 Å². The fourth-order valence-electron chi connectivity index (χ4n) is 2.31. The number of rotatable bonds is 3. The van der Waals surface area contributed by atoms with Crippen molar-refractivity contribution < 1.29 is 4.79 Å². The highest BCUT2D eigenvalue weighted by molar-refractivity contribution is 9.10. The maximum absolute atomic E-state index is 12.5. The van der Waals surface area contributed by atoms with Gasteiger partial charge in [0, 0.05) is 29.3 Å². The third-order valence-electron chi connectivity index (χ3n) is 3.42. The number of nitrogen functional groups attached to an aromatic ring is 1. The van der Waals surface area contributed by atoms with Gasteiger partial charge in [-0.3, -0.25) is 4.79 Å². The zero-order valence-corrected chi connectivity index (χ0v) is 14.1. The Morgan fingerprint density at radius 3 is 2.52 bits per heavy atom. The van der Waals surface area contributed by atoms with E-state index in [1.807, 2.05) is 0 Å². The Kier molecular flexibility index (Phi) is 4.68. The zero-order chi connectivity index (χ0) is 15.6. The summed E-state index contributed by atoms with van der Waals surface area (Å²) in [4.78, 5) is 14.2. The number of hydrogen-bond donors (Lipinski definition) is 1. The molecule has 0 bridgehead atoms. The van der Waals surface area contributed by atoms with E-state index < -0.39 is 0 Å². The molecule has 4 heteroatoms. The van der Waals surface area contributed by atoms with Gasteiger partial charge < -0.3 is 10.6 Å². The highest BCUT2D eigenvalue weighted by Crippen LogP contribution is 2.19. The van der Waals surface area contributed by atoms with E-state index in [-0.39, 0.29) is 5.91 Å². The van der Waals surface area contributed by atoms with Crippen LogP contribution in [-0.2, 0) is 6.54 Å². The second kappa shape index (κ2) is 6.31. The average Bonchev–Trinajstić information content (AvgIpc) is 2.40. The van der Waals surface area contributed by atoms with Crippen molar-refractivity contribution in [3.8, 4) is 0 Å².